The molecule has 2 N–H and O–H groups in total. The second kappa shape index (κ2) is 11.1. The summed E-state index contributed by atoms with van der Waals surface area (Å²) in [7, 11) is 3.87. The molecule has 10 nitrogen and oxygen atoms in total. The Bertz CT molecular complexity index is 1760. The van der Waals surface area contributed by atoms with Crippen LogP contribution in [-0.4, -0.2) is 44.5 Å². The van der Waals surface area contributed by atoms with Crippen molar-refractivity contribution >= 4 is 23.4 Å². The zero-order chi connectivity index (χ0) is 30.3. The summed E-state index contributed by atoms with van der Waals surface area (Å²) in [6.07, 6.45) is 3.26. The largest absolute Gasteiger partial charge is 0.484 e. The summed E-state index contributed by atoms with van der Waals surface area (Å²) in [6, 6.07) is 21.6. The van der Waals surface area contributed by atoms with Crippen molar-refractivity contribution in [1.29, 1.82) is 0 Å². The number of hydrogen-bond acceptors (Lipinski definition) is 6. The van der Waals surface area contributed by atoms with E-state index in [1.807, 2.05) is 91.1 Å². The van der Waals surface area contributed by atoms with E-state index in [1.165, 1.54) is 0 Å². The molecular weight excluding hydrogens is 540 g/mol. The molecule has 0 spiro atoms. The number of carbonyl (C=O) groups excluding carboxylic acids is 1. The van der Waals surface area contributed by atoms with E-state index in [0.717, 1.165) is 58.3 Å². The Balaban J connectivity index is 1.21. The number of rotatable bonds is 6. The number of nitrogens with zero attached hydrogens (tertiary/aromatic N) is 6. The summed E-state index contributed by atoms with van der Waals surface area (Å²) in [5.74, 6) is 2.09. The minimum atomic E-state index is -0.276. The monoisotopic (exact) mass is 578 g/mol. The summed E-state index contributed by atoms with van der Waals surface area (Å²) in [4.78, 5) is 15.3. The van der Waals surface area contributed by atoms with Gasteiger partial charge in [0.15, 0.2) is 5.65 Å². The number of amides is 2. The highest BCUT2D eigenvalue weighted by molar-refractivity contribution is 5.89. The Kier molecular flexibility index (Phi) is 7.29. The summed E-state index contributed by atoms with van der Waals surface area (Å²) in [6.45, 7) is 8.39. The molecule has 1 aliphatic rings. The highest BCUT2D eigenvalue weighted by atomic mass is 16.5. The van der Waals surface area contributed by atoms with Crippen LogP contribution in [0.4, 0.5) is 16.6 Å². The van der Waals surface area contributed by atoms with Crippen LogP contribution in [0.1, 0.15) is 68.1 Å². The number of urea groups is 1. The van der Waals surface area contributed by atoms with Crippen LogP contribution in [-0.2, 0) is 5.41 Å². The van der Waals surface area contributed by atoms with Crippen molar-refractivity contribution in [3.05, 3.63) is 95.3 Å². The average molecular weight is 579 g/mol. The Morgan fingerprint density at radius 3 is 2.44 bits per heavy atom. The lowest BCUT2D eigenvalue weighted by Gasteiger charge is -2.32. The third kappa shape index (κ3) is 5.77. The molecule has 5 aromatic rings. The van der Waals surface area contributed by atoms with Crippen LogP contribution in [0.2, 0.25) is 0 Å². The third-order valence-corrected chi connectivity index (χ3v) is 7.77. The van der Waals surface area contributed by atoms with Gasteiger partial charge in [0.25, 0.3) is 0 Å². The highest BCUT2D eigenvalue weighted by Gasteiger charge is 2.30. The van der Waals surface area contributed by atoms with Gasteiger partial charge in [0.2, 0.25) is 5.95 Å². The fourth-order valence-corrected chi connectivity index (χ4v) is 5.45. The summed E-state index contributed by atoms with van der Waals surface area (Å²) >= 11 is 0. The molecule has 3 heterocycles. The summed E-state index contributed by atoms with van der Waals surface area (Å²) in [5, 5.41) is 19.6. The second-order valence-corrected chi connectivity index (χ2v) is 12.4. The SMILES string of the molecule is Cc1ccc(-n2nc(C(C)(C)C)cc2NC(=O)N[C@H]2CC[C@@H](Oc3ccc4nnc(N(C)C)n4c3)c3ccccc32)cc1. The van der Waals surface area contributed by atoms with Crippen molar-refractivity contribution in [2.45, 2.75) is 58.1 Å². The molecule has 6 rings (SSSR count). The van der Waals surface area contributed by atoms with Gasteiger partial charge in [-0.05, 0) is 55.2 Å². The smallest absolute Gasteiger partial charge is 0.320 e. The van der Waals surface area contributed by atoms with Crippen LogP contribution in [0, 0.1) is 6.92 Å². The van der Waals surface area contributed by atoms with Gasteiger partial charge in [0, 0.05) is 25.6 Å². The van der Waals surface area contributed by atoms with Gasteiger partial charge >= 0.3 is 6.03 Å². The van der Waals surface area contributed by atoms with Gasteiger partial charge in [0.1, 0.15) is 17.7 Å². The first-order valence-corrected chi connectivity index (χ1v) is 14.6. The lowest BCUT2D eigenvalue weighted by atomic mass is 9.85. The first-order chi connectivity index (χ1) is 20.6. The maximum absolute atomic E-state index is 13.4. The molecule has 0 aliphatic heterocycles. The number of aromatic nitrogens is 5. The number of benzene rings is 2. The van der Waals surface area contributed by atoms with Crippen LogP contribution < -0.4 is 20.3 Å². The average Bonchev–Trinajstić information content (AvgIpc) is 3.59. The molecule has 3 aromatic heterocycles. The molecule has 10 heteroatoms. The zero-order valence-electron chi connectivity index (χ0n) is 25.5. The Labute approximate surface area is 251 Å². The van der Waals surface area contributed by atoms with Crippen LogP contribution in [0.15, 0.2) is 72.9 Å². The van der Waals surface area contributed by atoms with E-state index in [9.17, 15) is 4.79 Å². The van der Waals surface area contributed by atoms with Crippen LogP contribution in [0.3, 0.4) is 0 Å². The van der Waals surface area contributed by atoms with Crippen LogP contribution in [0.5, 0.6) is 5.75 Å². The van der Waals surface area contributed by atoms with Gasteiger partial charge in [-0.25, -0.2) is 9.48 Å². The van der Waals surface area contributed by atoms with Crippen LogP contribution >= 0.6 is 0 Å². The van der Waals surface area contributed by atoms with E-state index >= 15 is 0 Å². The number of anilines is 2. The van der Waals surface area contributed by atoms with E-state index < -0.39 is 0 Å². The van der Waals surface area contributed by atoms with E-state index in [1.54, 1.807) is 4.68 Å². The van der Waals surface area contributed by atoms with Gasteiger partial charge in [-0.3, -0.25) is 9.72 Å². The molecule has 0 saturated carbocycles. The highest BCUT2D eigenvalue weighted by Crippen LogP contribution is 2.39. The number of nitrogens with one attached hydrogen (secondary N) is 2. The predicted octanol–water partition coefficient (Wildman–Crippen LogP) is 6.36. The lowest BCUT2D eigenvalue weighted by Crippen LogP contribution is -2.36. The van der Waals surface area contributed by atoms with E-state index in [0.29, 0.717) is 5.82 Å². The standard InChI is InChI=1S/C33H38N8O2/c1-21-11-13-22(14-12-21)41-30(19-28(38-41)33(2,3)4)35-31(42)34-26-16-17-27(25-10-8-7-9-24(25)26)43-23-15-18-29-36-37-32(39(5)6)40(29)20-23/h7-15,18-20,26-27H,16-17H2,1-6H3,(H2,34,35,42)/t26-,27+/m0/s1. The molecule has 0 radical (unpaired) electrons. The fourth-order valence-electron chi connectivity index (χ4n) is 5.45. The van der Waals surface area contributed by atoms with Crippen molar-refractivity contribution in [1.82, 2.24) is 29.7 Å². The van der Waals surface area contributed by atoms with Crippen LogP contribution in [0.25, 0.3) is 11.3 Å². The number of carbonyl (C=O) groups is 1. The maximum Gasteiger partial charge on any atom is 0.320 e. The number of ether oxygens (including phenoxy) is 1. The number of hydrogen-bond donors (Lipinski definition) is 2. The Hall–Kier alpha value is -4.86. The third-order valence-electron chi connectivity index (χ3n) is 7.77. The molecule has 0 saturated heterocycles. The van der Waals surface area contributed by atoms with Crippen molar-refractivity contribution in [3.63, 3.8) is 0 Å². The molecule has 43 heavy (non-hydrogen) atoms. The van der Waals surface area contributed by atoms with Gasteiger partial charge in [-0.15, -0.1) is 10.2 Å². The van der Waals surface area contributed by atoms with Gasteiger partial charge in [-0.1, -0.05) is 62.7 Å². The van der Waals surface area contributed by atoms with Gasteiger partial charge in [0.05, 0.1) is 23.6 Å². The molecule has 2 amide bonds. The molecule has 1 aliphatic carbocycles. The van der Waals surface area contributed by atoms with E-state index in [4.69, 9.17) is 9.84 Å². The van der Waals surface area contributed by atoms with E-state index in [2.05, 4.69) is 53.7 Å². The summed E-state index contributed by atoms with van der Waals surface area (Å²) in [5.41, 5.74) is 5.65. The first kappa shape index (κ1) is 28.3. The van der Waals surface area contributed by atoms with Crippen molar-refractivity contribution < 1.29 is 9.53 Å². The molecule has 0 unspecified atom stereocenters. The number of aryl methyl sites for hydroxylation is 1. The molecule has 0 fully saturated rings. The molecule has 2 atom stereocenters. The number of pyridine rings is 1. The van der Waals surface area contributed by atoms with Crippen molar-refractivity contribution in [2.24, 2.45) is 0 Å². The quantitative estimate of drug-likeness (QED) is 0.243. The minimum absolute atomic E-state index is 0.147. The predicted molar refractivity (Wildman–Crippen MR) is 168 cm³/mol. The van der Waals surface area contributed by atoms with E-state index in [-0.39, 0.29) is 23.6 Å². The molecule has 2 aromatic carbocycles. The normalized spacial score (nSPS) is 16.5. The van der Waals surface area contributed by atoms with Gasteiger partial charge in [-0.2, -0.15) is 5.10 Å². The Morgan fingerprint density at radius 2 is 1.72 bits per heavy atom. The molecule has 222 valence electrons. The maximum atomic E-state index is 13.4. The molecular formula is C33H38N8O2. The fraction of sp³-hybridized carbons (Fsp3) is 0.333. The minimum Gasteiger partial charge on any atom is -0.484 e. The lowest BCUT2D eigenvalue weighted by molar-refractivity contribution is 0.171. The Morgan fingerprint density at radius 1 is 0.977 bits per heavy atom. The summed E-state index contributed by atoms with van der Waals surface area (Å²) < 4.78 is 10.2. The van der Waals surface area contributed by atoms with Crippen molar-refractivity contribution in [3.8, 4) is 11.4 Å². The topological polar surface area (TPSA) is 102 Å². The second-order valence-electron chi connectivity index (χ2n) is 12.4. The zero-order valence-corrected chi connectivity index (χ0v) is 25.5. The number of fused-ring (bicyclic) bond motifs is 2. The van der Waals surface area contributed by atoms with Gasteiger partial charge < -0.3 is 15.0 Å². The molecule has 0 bridgehead atoms. The van der Waals surface area contributed by atoms with Crippen molar-refractivity contribution in [2.75, 3.05) is 24.3 Å². The first-order valence-electron chi connectivity index (χ1n) is 14.6.